The van der Waals surface area contributed by atoms with Gasteiger partial charge in [-0.05, 0) is 73.4 Å². The molecule has 1 atom stereocenters. The maximum Gasteiger partial charge on any atom is 0.248 e. The zero-order chi connectivity index (χ0) is 23.5. The van der Waals surface area contributed by atoms with Gasteiger partial charge in [0.25, 0.3) is 0 Å². The van der Waals surface area contributed by atoms with Gasteiger partial charge in [-0.3, -0.25) is 14.7 Å². The molecule has 0 aliphatic carbocycles. The summed E-state index contributed by atoms with van der Waals surface area (Å²) in [5.41, 5.74) is 13.6. The summed E-state index contributed by atoms with van der Waals surface area (Å²) in [6, 6.07) is 15.3. The molecule has 1 aliphatic rings. The van der Waals surface area contributed by atoms with Crippen LogP contribution in [0.4, 0.5) is 0 Å². The number of pyridine rings is 1. The van der Waals surface area contributed by atoms with Crippen molar-refractivity contribution in [2.45, 2.75) is 33.4 Å². The predicted molar refractivity (Wildman–Crippen MR) is 129 cm³/mol. The highest BCUT2D eigenvalue weighted by Gasteiger charge is 2.25. The highest BCUT2D eigenvalue weighted by molar-refractivity contribution is 5.93. The van der Waals surface area contributed by atoms with Crippen molar-refractivity contribution in [2.75, 3.05) is 26.8 Å². The lowest BCUT2D eigenvalue weighted by Crippen LogP contribution is -2.38. The first-order valence-electron chi connectivity index (χ1n) is 11.2. The van der Waals surface area contributed by atoms with Crippen molar-refractivity contribution in [3.8, 4) is 17.0 Å². The maximum atomic E-state index is 11.3. The van der Waals surface area contributed by atoms with E-state index < -0.39 is 5.91 Å². The summed E-state index contributed by atoms with van der Waals surface area (Å²) in [5.74, 6) is 0.509. The van der Waals surface area contributed by atoms with E-state index in [1.807, 2.05) is 30.3 Å². The number of hydrogen-bond acceptors (Lipinski definition) is 5. The Kier molecular flexibility index (Phi) is 6.77. The summed E-state index contributed by atoms with van der Waals surface area (Å²) < 4.78 is 11.6. The largest absolute Gasteiger partial charge is 0.496 e. The number of hydrogen-bond donors (Lipinski definition) is 1. The van der Waals surface area contributed by atoms with Crippen molar-refractivity contribution in [1.29, 1.82) is 0 Å². The average molecular weight is 446 g/mol. The number of nitrogens with two attached hydrogens (primary N) is 1. The third-order valence-electron chi connectivity index (χ3n) is 6.53. The molecule has 0 bridgehead atoms. The number of amides is 1. The van der Waals surface area contributed by atoms with E-state index in [0.717, 1.165) is 42.3 Å². The van der Waals surface area contributed by atoms with Crippen molar-refractivity contribution < 1.29 is 14.3 Å². The molecule has 0 spiro atoms. The van der Waals surface area contributed by atoms with Crippen LogP contribution >= 0.6 is 0 Å². The Morgan fingerprint density at radius 2 is 1.91 bits per heavy atom. The summed E-state index contributed by atoms with van der Waals surface area (Å²) in [5, 5.41) is 0. The zero-order valence-electron chi connectivity index (χ0n) is 19.7. The molecule has 1 aromatic heterocycles. The molecule has 3 aromatic rings. The average Bonchev–Trinajstić information content (AvgIpc) is 2.84. The second kappa shape index (κ2) is 9.73. The van der Waals surface area contributed by atoms with Crippen LogP contribution in [0.3, 0.4) is 0 Å². The van der Waals surface area contributed by atoms with Crippen molar-refractivity contribution in [3.05, 3.63) is 82.0 Å². The van der Waals surface area contributed by atoms with Crippen molar-refractivity contribution in [3.63, 3.8) is 0 Å². The molecule has 6 nitrogen and oxygen atoms in total. The Balaban J connectivity index is 1.52. The van der Waals surface area contributed by atoms with Crippen molar-refractivity contribution in [1.82, 2.24) is 9.88 Å². The first-order valence-corrected chi connectivity index (χ1v) is 11.2. The standard InChI is InChI=1S/C27H31N3O3/c1-17-14-25(32-4)19(3)18(2)22(17)15-30-12-13-33-26(16-30)24-7-5-6-23(29-24)20-8-10-21(11-9-20)27(28)31/h5-11,14,26H,12-13,15-16H2,1-4H3,(H2,28,31). The van der Waals surface area contributed by atoms with Gasteiger partial charge in [-0.25, -0.2) is 0 Å². The quantitative estimate of drug-likeness (QED) is 0.610. The third-order valence-corrected chi connectivity index (χ3v) is 6.53. The van der Waals surface area contributed by atoms with E-state index in [9.17, 15) is 4.79 Å². The number of carbonyl (C=O) groups is 1. The number of ether oxygens (including phenoxy) is 2. The van der Waals surface area contributed by atoms with E-state index >= 15 is 0 Å². The van der Waals surface area contributed by atoms with Gasteiger partial charge < -0.3 is 15.2 Å². The maximum absolute atomic E-state index is 11.3. The predicted octanol–water partition coefficient (Wildman–Crippen LogP) is 4.35. The SMILES string of the molecule is COc1cc(C)c(CN2CCOC(c3cccc(-c4ccc(C(N)=O)cc4)n3)C2)c(C)c1C. The molecular formula is C27H31N3O3. The van der Waals surface area contributed by atoms with E-state index in [2.05, 4.69) is 31.7 Å². The second-order valence-corrected chi connectivity index (χ2v) is 8.61. The summed E-state index contributed by atoms with van der Waals surface area (Å²) >= 11 is 0. The van der Waals surface area contributed by atoms with Gasteiger partial charge in [0.15, 0.2) is 0 Å². The fourth-order valence-corrected chi connectivity index (χ4v) is 4.40. The highest BCUT2D eigenvalue weighted by Crippen LogP contribution is 2.30. The number of benzene rings is 2. The number of rotatable bonds is 6. The Bertz CT molecular complexity index is 1160. The van der Waals surface area contributed by atoms with Crippen LogP contribution in [0.1, 0.15) is 44.4 Å². The van der Waals surface area contributed by atoms with Crippen LogP contribution in [0.2, 0.25) is 0 Å². The molecule has 2 heterocycles. The fourth-order valence-electron chi connectivity index (χ4n) is 4.40. The van der Waals surface area contributed by atoms with Crippen LogP contribution in [0, 0.1) is 20.8 Å². The summed E-state index contributed by atoms with van der Waals surface area (Å²) in [6.45, 7) is 9.64. The lowest BCUT2D eigenvalue weighted by atomic mass is 9.96. The number of morpholine rings is 1. The molecule has 1 fully saturated rings. The molecule has 1 amide bonds. The minimum atomic E-state index is -0.434. The number of primary amides is 1. The molecule has 172 valence electrons. The van der Waals surface area contributed by atoms with Gasteiger partial charge in [0.2, 0.25) is 5.91 Å². The lowest BCUT2D eigenvalue weighted by molar-refractivity contribution is -0.0350. The van der Waals surface area contributed by atoms with Crippen LogP contribution in [-0.4, -0.2) is 42.6 Å². The molecule has 4 rings (SSSR count). The Morgan fingerprint density at radius 3 is 2.61 bits per heavy atom. The topological polar surface area (TPSA) is 77.7 Å². The lowest BCUT2D eigenvalue weighted by Gasteiger charge is -2.33. The summed E-state index contributed by atoms with van der Waals surface area (Å²) in [6.07, 6.45) is -0.0939. The van der Waals surface area contributed by atoms with E-state index in [1.165, 1.54) is 22.3 Å². The molecule has 1 saturated heterocycles. The van der Waals surface area contributed by atoms with Crippen LogP contribution < -0.4 is 10.5 Å². The molecular weight excluding hydrogens is 414 g/mol. The third kappa shape index (κ3) is 4.92. The van der Waals surface area contributed by atoms with Crippen LogP contribution in [-0.2, 0) is 11.3 Å². The Labute approximate surface area is 195 Å². The van der Waals surface area contributed by atoms with Crippen LogP contribution in [0.5, 0.6) is 5.75 Å². The smallest absolute Gasteiger partial charge is 0.248 e. The molecule has 1 aliphatic heterocycles. The number of carbonyl (C=O) groups excluding carboxylic acids is 1. The summed E-state index contributed by atoms with van der Waals surface area (Å²) in [4.78, 5) is 18.6. The summed E-state index contributed by atoms with van der Waals surface area (Å²) in [7, 11) is 1.72. The normalized spacial score (nSPS) is 16.5. The van der Waals surface area contributed by atoms with E-state index in [-0.39, 0.29) is 6.10 Å². The Morgan fingerprint density at radius 1 is 1.15 bits per heavy atom. The van der Waals surface area contributed by atoms with Crippen molar-refractivity contribution >= 4 is 5.91 Å². The first kappa shape index (κ1) is 23.0. The van der Waals surface area contributed by atoms with Gasteiger partial charge in [0.1, 0.15) is 11.9 Å². The van der Waals surface area contributed by atoms with Crippen molar-refractivity contribution in [2.24, 2.45) is 5.73 Å². The highest BCUT2D eigenvalue weighted by atomic mass is 16.5. The fraction of sp³-hybridized carbons (Fsp3) is 0.333. The van der Waals surface area contributed by atoms with E-state index in [0.29, 0.717) is 12.2 Å². The second-order valence-electron chi connectivity index (χ2n) is 8.61. The molecule has 2 N–H and O–H groups in total. The van der Waals surface area contributed by atoms with E-state index in [1.54, 1.807) is 19.2 Å². The number of aromatic nitrogens is 1. The van der Waals surface area contributed by atoms with Gasteiger partial charge in [0, 0.05) is 30.8 Å². The molecule has 6 heteroatoms. The Hall–Kier alpha value is -3.22. The van der Waals surface area contributed by atoms with Gasteiger partial charge in [-0.2, -0.15) is 0 Å². The number of aryl methyl sites for hydroxylation is 1. The number of nitrogens with zero attached hydrogens (tertiary/aromatic N) is 2. The minimum Gasteiger partial charge on any atom is -0.496 e. The van der Waals surface area contributed by atoms with Crippen LogP contribution in [0.25, 0.3) is 11.3 Å². The molecule has 1 unspecified atom stereocenters. The van der Waals surface area contributed by atoms with Crippen LogP contribution in [0.15, 0.2) is 48.5 Å². The molecule has 33 heavy (non-hydrogen) atoms. The van der Waals surface area contributed by atoms with Gasteiger partial charge in [-0.1, -0.05) is 18.2 Å². The monoisotopic (exact) mass is 445 g/mol. The minimum absolute atomic E-state index is 0.0939. The molecule has 2 aromatic carbocycles. The zero-order valence-corrected chi connectivity index (χ0v) is 19.7. The molecule has 0 saturated carbocycles. The van der Waals surface area contributed by atoms with Gasteiger partial charge in [0.05, 0.1) is 25.1 Å². The number of methoxy groups -OCH3 is 1. The first-order chi connectivity index (χ1) is 15.9. The van der Waals surface area contributed by atoms with Gasteiger partial charge >= 0.3 is 0 Å². The van der Waals surface area contributed by atoms with E-state index in [4.69, 9.17) is 20.2 Å². The molecule has 0 radical (unpaired) electrons. The van der Waals surface area contributed by atoms with Gasteiger partial charge in [-0.15, -0.1) is 0 Å².